The van der Waals surface area contributed by atoms with E-state index < -0.39 is 0 Å². The minimum Gasteiger partial charge on any atom is -0.494 e. The minimum absolute atomic E-state index is 0.333. The van der Waals surface area contributed by atoms with Crippen LogP contribution in [0.4, 0.5) is 0 Å². The summed E-state index contributed by atoms with van der Waals surface area (Å²) in [6, 6.07) is 7.16. The Hall–Kier alpha value is -1.55. The van der Waals surface area contributed by atoms with Crippen molar-refractivity contribution in [3.63, 3.8) is 0 Å². The average molecular weight is 321 g/mol. The van der Waals surface area contributed by atoms with E-state index in [1.54, 1.807) is 12.1 Å². The maximum Gasteiger partial charge on any atom is 0.337 e. The number of ether oxygens (including phenoxy) is 2. The fraction of sp³-hybridized carbons (Fsp3) is 0.632. The summed E-state index contributed by atoms with van der Waals surface area (Å²) in [7, 11) is 1.39. The molecule has 0 aliphatic rings. The van der Waals surface area contributed by atoms with Gasteiger partial charge >= 0.3 is 5.97 Å². The lowest BCUT2D eigenvalue weighted by Gasteiger charge is -2.21. The van der Waals surface area contributed by atoms with Crippen molar-refractivity contribution in [1.29, 1.82) is 0 Å². The Kier molecular flexibility index (Phi) is 10.1. The van der Waals surface area contributed by atoms with Crippen LogP contribution < -0.4 is 4.74 Å². The second kappa shape index (κ2) is 11.9. The first-order chi connectivity index (χ1) is 11.2. The number of benzene rings is 1. The van der Waals surface area contributed by atoms with Crippen LogP contribution in [-0.4, -0.2) is 44.2 Å². The van der Waals surface area contributed by atoms with E-state index in [0.29, 0.717) is 12.2 Å². The molecular formula is C19H31NO3. The Labute approximate surface area is 140 Å². The quantitative estimate of drug-likeness (QED) is 0.428. The number of rotatable bonds is 12. The van der Waals surface area contributed by atoms with Crippen molar-refractivity contribution < 1.29 is 14.3 Å². The molecule has 0 aliphatic heterocycles. The zero-order valence-electron chi connectivity index (χ0n) is 14.8. The van der Waals surface area contributed by atoms with E-state index in [1.807, 2.05) is 12.1 Å². The van der Waals surface area contributed by atoms with Gasteiger partial charge in [-0.1, -0.05) is 32.8 Å². The largest absolute Gasteiger partial charge is 0.494 e. The standard InChI is InChI=1S/C19H31NO3/c1-4-6-12-20(13-7-5-2)14-9-15-23-18-11-8-10-17(16-18)19(21)22-3/h8,10-11,16H,4-7,9,12-15H2,1-3H3. The molecule has 4 heteroatoms. The predicted octanol–water partition coefficient (Wildman–Crippen LogP) is 4.14. The molecule has 0 unspecified atom stereocenters. The molecule has 0 radical (unpaired) electrons. The molecule has 0 fully saturated rings. The van der Waals surface area contributed by atoms with Crippen molar-refractivity contribution in [2.24, 2.45) is 0 Å². The van der Waals surface area contributed by atoms with Crippen LogP contribution in [-0.2, 0) is 4.74 Å². The minimum atomic E-state index is -0.333. The van der Waals surface area contributed by atoms with Crippen molar-refractivity contribution in [2.75, 3.05) is 33.4 Å². The molecule has 0 spiro atoms. The first kappa shape index (κ1) is 19.5. The summed E-state index contributed by atoms with van der Waals surface area (Å²) in [6.07, 6.45) is 5.98. The zero-order valence-corrected chi connectivity index (χ0v) is 14.8. The molecule has 1 rings (SSSR count). The third-order valence-electron chi connectivity index (χ3n) is 3.80. The smallest absolute Gasteiger partial charge is 0.337 e. The van der Waals surface area contributed by atoms with E-state index in [2.05, 4.69) is 18.7 Å². The van der Waals surface area contributed by atoms with Crippen molar-refractivity contribution >= 4 is 5.97 Å². The number of esters is 1. The van der Waals surface area contributed by atoms with Gasteiger partial charge in [0, 0.05) is 6.54 Å². The van der Waals surface area contributed by atoms with Crippen LogP contribution in [0.1, 0.15) is 56.3 Å². The first-order valence-electron chi connectivity index (χ1n) is 8.74. The van der Waals surface area contributed by atoms with Crippen molar-refractivity contribution in [3.8, 4) is 5.75 Å². The van der Waals surface area contributed by atoms with Crippen LogP contribution >= 0.6 is 0 Å². The summed E-state index contributed by atoms with van der Waals surface area (Å²) in [6.45, 7) is 8.55. The molecule has 4 nitrogen and oxygen atoms in total. The first-order valence-corrected chi connectivity index (χ1v) is 8.74. The molecule has 0 aromatic heterocycles. The fourth-order valence-corrected chi connectivity index (χ4v) is 2.41. The molecular weight excluding hydrogens is 290 g/mol. The predicted molar refractivity (Wildman–Crippen MR) is 94.1 cm³/mol. The van der Waals surface area contributed by atoms with Gasteiger partial charge in [-0.25, -0.2) is 4.79 Å². The molecule has 23 heavy (non-hydrogen) atoms. The van der Waals surface area contributed by atoms with E-state index in [9.17, 15) is 4.79 Å². The highest BCUT2D eigenvalue weighted by Crippen LogP contribution is 2.14. The number of methoxy groups -OCH3 is 1. The van der Waals surface area contributed by atoms with E-state index in [-0.39, 0.29) is 5.97 Å². The molecule has 1 aromatic rings. The third-order valence-corrected chi connectivity index (χ3v) is 3.80. The summed E-state index contributed by atoms with van der Waals surface area (Å²) >= 11 is 0. The summed E-state index contributed by atoms with van der Waals surface area (Å²) in [5.41, 5.74) is 0.525. The Bertz CT molecular complexity index is 440. The van der Waals surface area contributed by atoms with Gasteiger partial charge < -0.3 is 14.4 Å². The molecule has 0 bridgehead atoms. The van der Waals surface area contributed by atoms with Crippen molar-refractivity contribution in [2.45, 2.75) is 46.0 Å². The lowest BCUT2D eigenvalue weighted by Crippen LogP contribution is -2.28. The van der Waals surface area contributed by atoms with Gasteiger partial charge in [0.05, 0.1) is 19.3 Å². The second-order valence-corrected chi connectivity index (χ2v) is 5.77. The highest BCUT2D eigenvalue weighted by Gasteiger charge is 2.07. The maximum absolute atomic E-state index is 11.5. The lowest BCUT2D eigenvalue weighted by molar-refractivity contribution is 0.0600. The van der Waals surface area contributed by atoms with Gasteiger partial charge in [0.1, 0.15) is 5.75 Å². The van der Waals surface area contributed by atoms with Gasteiger partial charge in [-0.2, -0.15) is 0 Å². The zero-order chi connectivity index (χ0) is 16.9. The molecule has 0 heterocycles. The highest BCUT2D eigenvalue weighted by molar-refractivity contribution is 5.89. The van der Waals surface area contributed by atoms with Gasteiger partial charge in [-0.15, -0.1) is 0 Å². The maximum atomic E-state index is 11.5. The molecule has 0 saturated heterocycles. The van der Waals surface area contributed by atoms with Crippen LogP contribution in [0, 0.1) is 0 Å². The molecule has 130 valence electrons. The summed E-state index contributed by atoms with van der Waals surface area (Å²) in [4.78, 5) is 14.0. The summed E-state index contributed by atoms with van der Waals surface area (Å²) in [5, 5.41) is 0. The second-order valence-electron chi connectivity index (χ2n) is 5.77. The van der Waals surface area contributed by atoms with E-state index in [1.165, 1.54) is 45.9 Å². The molecule has 0 atom stereocenters. The Morgan fingerprint density at radius 3 is 2.30 bits per heavy atom. The third kappa shape index (κ3) is 8.03. The van der Waals surface area contributed by atoms with Crippen LogP contribution in [0.5, 0.6) is 5.75 Å². The Morgan fingerprint density at radius 1 is 1.04 bits per heavy atom. The molecule has 0 N–H and O–H groups in total. The van der Waals surface area contributed by atoms with E-state index in [0.717, 1.165) is 18.7 Å². The molecule has 1 aromatic carbocycles. The SMILES string of the molecule is CCCCN(CCCC)CCCOc1cccc(C(=O)OC)c1. The van der Waals surface area contributed by atoms with Crippen LogP contribution in [0.15, 0.2) is 24.3 Å². The topological polar surface area (TPSA) is 38.8 Å². The number of carbonyl (C=O) groups is 1. The van der Waals surface area contributed by atoms with Gasteiger partial charge in [0.15, 0.2) is 0 Å². The summed E-state index contributed by atoms with van der Waals surface area (Å²) < 4.78 is 10.5. The van der Waals surface area contributed by atoms with Crippen LogP contribution in [0.2, 0.25) is 0 Å². The van der Waals surface area contributed by atoms with Crippen molar-refractivity contribution in [1.82, 2.24) is 4.90 Å². The number of hydrogen-bond acceptors (Lipinski definition) is 4. The van der Waals surface area contributed by atoms with Gasteiger partial charge in [0.25, 0.3) is 0 Å². The number of nitrogens with zero attached hydrogens (tertiary/aromatic N) is 1. The van der Waals surface area contributed by atoms with Gasteiger partial charge in [-0.3, -0.25) is 0 Å². The summed E-state index contributed by atoms with van der Waals surface area (Å²) in [5.74, 6) is 0.391. The van der Waals surface area contributed by atoms with Crippen LogP contribution in [0.3, 0.4) is 0 Å². The molecule has 0 amide bonds. The number of unbranched alkanes of at least 4 members (excludes halogenated alkanes) is 2. The fourth-order valence-electron chi connectivity index (χ4n) is 2.41. The van der Waals surface area contributed by atoms with E-state index >= 15 is 0 Å². The monoisotopic (exact) mass is 321 g/mol. The number of hydrogen-bond donors (Lipinski definition) is 0. The average Bonchev–Trinajstić information content (AvgIpc) is 2.59. The Balaban J connectivity index is 2.35. The normalized spacial score (nSPS) is 10.8. The van der Waals surface area contributed by atoms with Gasteiger partial charge in [-0.05, 0) is 50.6 Å². The molecule has 0 aliphatic carbocycles. The van der Waals surface area contributed by atoms with E-state index in [4.69, 9.17) is 9.47 Å². The van der Waals surface area contributed by atoms with Crippen molar-refractivity contribution in [3.05, 3.63) is 29.8 Å². The number of carbonyl (C=O) groups excluding carboxylic acids is 1. The lowest BCUT2D eigenvalue weighted by atomic mass is 10.2. The Morgan fingerprint density at radius 2 is 1.70 bits per heavy atom. The highest BCUT2D eigenvalue weighted by atomic mass is 16.5. The van der Waals surface area contributed by atoms with Crippen LogP contribution in [0.25, 0.3) is 0 Å². The van der Waals surface area contributed by atoms with Gasteiger partial charge in [0.2, 0.25) is 0 Å². The molecule has 0 saturated carbocycles.